The Morgan fingerprint density at radius 2 is 1.77 bits per heavy atom. The summed E-state index contributed by atoms with van der Waals surface area (Å²) in [6.45, 7) is 0.777. The highest BCUT2D eigenvalue weighted by Crippen LogP contribution is 2.12. The predicted octanol–water partition coefficient (Wildman–Crippen LogP) is 3.75. The van der Waals surface area contributed by atoms with Gasteiger partial charge in [0.1, 0.15) is 11.6 Å². The summed E-state index contributed by atoms with van der Waals surface area (Å²) in [7, 11) is 1.66. The van der Waals surface area contributed by atoms with Crippen molar-refractivity contribution in [2.75, 3.05) is 19.0 Å². The number of nitrogens with one attached hydrogen (secondary N) is 2. The lowest BCUT2D eigenvalue weighted by Crippen LogP contribution is -2.29. The molecule has 2 rings (SSSR count). The fourth-order valence-electron chi connectivity index (χ4n) is 2.00. The van der Waals surface area contributed by atoms with E-state index in [1.807, 2.05) is 12.1 Å². The summed E-state index contributed by atoms with van der Waals surface area (Å²) in [5.41, 5.74) is 2.04. The topological polar surface area (TPSA) is 33.3 Å². The quantitative estimate of drug-likeness (QED) is 0.628. The van der Waals surface area contributed by atoms with Crippen molar-refractivity contribution in [3.8, 4) is 5.75 Å². The maximum atomic E-state index is 12.8. The Balaban J connectivity index is 1.67. The molecule has 2 aromatic rings. The number of aryl methyl sites for hydroxylation is 1. The van der Waals surface area contributed by atoms with Gasteiger partial charge in [0.05, 0.1) is 7.11 Å². The molecule has 5 heteroatoms. The molecule has 3 nitrogen and oxygen atoms in total. The van der Waals surface area contributed by atoms with E-state index in [9.17, 15) is 4.39 Å². The van der Waals surface area contributed by atoms with E-state index in [0.29, 0.717) is 5.11 Å². The van der Waals surface area contributed by atoms with Gasteiger partial charge in [0, 0.05) is 12.2 Å². The van der Waals surface area contributed by atoms with Gasteiger partial charge in [0.15, 0.2) is 5.11 Å². The summed E-state index contributed by atoms with van der Waals surface area (Å²) in [6.07, 6.45) is 1.94. The van der Waals surface area contributed by atoms with Crippen molar-refractivity contribution in [1.82, 2.24) is 5.32 Å². The lowest BCUT2D eigenvalue weighted by molar-refractivity contribution is 0.414. The molecular formula is C17H19FN2OS. The molecule has 0 saturated heterocycles. The Morgan fingerprint density at radius 1 is 1.09 bits per heavy atom. The second kappa shape index (κ2) is 8.34. The lowest BCUT2D eigenvalue weighted by Gasteiger charge is -2.10. The van der Waals surface area contributed by atoms with E-state index in [0.717, 1.165) is 30.8 Å². The molecule has 0 saturated carbocycles. The molecule has 22 heavy (non-hydrogen) atoms. The van der Waals surface area contributed by atoms with Crippen molar-refractivity contribution in [2.24, 2.45) is 0 Å². The van der Waals surface area contributed by atoms with Gasteiger partial charge in [0.2, 0.25) is 0 Å². The molecule has 2 N–H and O–H groups in total. The highest BCUT2D eigenvalue weighted by Gasteiger charge is 1.99. The first-order chi connectivity index (χ1) is 10.7. The number of halogens is 1. The smallest absolute Gasteiger partial charge is 0.170 e. The van der Waals surface area contributed by atoms with Gasteiger partial charge in [-0.1, -0.05) is 12.1 Å². The van der Waals surface area contributed by atoms with E-state index in [-0.39, 0.29) is 5.82 Å². The Bertz CT molecular complexity index is 599. The number of ether oxygens (including phenoxy) is 1. The summed E-state index contributed by atoms with van der Waals surface area (Å²) in [4.78, 5) is 0. The lowest BCUT2D eigenvalue weighted by atomic mass is 10.1. The Kier molecular flexibility index (Phi) is 6.15. The molecule has 0 aromatic heterocycles. The number of thiocarbonyl (C=S) groups is 1. The van der Waals surface area contributed by atoms with Gasteiger partial charge in [-0.05, 0) is 67.0 Å². The fourth-order valence-corrected chi connectivity index (χ4v) is 2.22. The minimum atomic E-state index is -0.260. The summed E-state index contributed by atoms with van der Waals surface area (Å²) >= 11 is 5.20. The van der Waals surface area contributed by atoms with Crippen molar-refractivity contribution >= 4 is 23.0 Å². The normalized spacial score (nSPS) is 10.1. The van der Waals surface area contributed by atoms with E-state index in [1.54, 1.807) is 19.2 Å². The molecule has 0 unspecified atom stereocenters. The highest BCUT2D eigenvalue weighted by atomic mass is 32.1. The molecule has 0 spiro atoms. The van der Waals surface area contributed by atoms with E-state index >= 15 is 0 Å². The number of hydrogen-bond acceptors (Lipinski definition) is 2. The van der Waals surface area contributed by atoms with Crippen LogP contribution in [-0.2, 0) is 6.42 Å². The average molecular weight is 318 g/mol. The molecule has 0 aliphatic carbocycles. The summed E-state index contributed by atoms with van der Waals surface area (Å²) < 4.78 is 17.9. The zero-order chi connectivity index (χ0) is 15.8. The SMILES string of the molecule is COc1ccc(CCCNC(=S)Nc2ccc(F)cc2)cc1. The summed E-state index contributed by atoms with van der Waals surface area (Å²) in [5.74, 6) is 0.607. The first-order valence-electron chi connectivity index (χ1n) is 7.11. The molecular weight excluding hydrogens is 299 g/mol. The number of benzene rings is 2. The van der Waals surface area contributed by atoms with Gasteiger partial charge in [0.25, 0.3) is 0 Å². The van der Waals surface area contributed by atoms with E-state index in [4.69, 9.17) is 17.0 Å². The average Bonchev–Trinajstić information content (AvgIpc) is 2.54. The molecule has 2 aromatic carbocycles. The van der Waals surface area contributed by atoms with Gasteiger partial charge in [-0.3, -0.25) is 0 Å². The Morgan fingerprint density at radius 3 is 2.41 bits per heavy atom. The maximum Gasteiger partial charge on any atom is 0.170 e. The molecule has 0 bridgehead atoms. The van der Waals surface area contributed by atoms with E-state index in [1.165, 1.54) is 17.7 Å². The van der Waals surface area contributed by atoms with Crippen LogP contribution in [0.5, 0.6) is 5.75 Å². The third kappa shape index (κ3) is 5.33. The highest BCUT2D eigenvalue weighted by molar-refractivity contribution is 7.80. The second-order valence-electron chi connectivity index (χ2n) is 4.84. The number of hydrogen-bond donors (Lipinski definition) is 2. The van der Waals surface area contributed by atoms with Crippen molar-refractivity contribution in [1.29, 1.82) is 0 Å². The third-order valence-electron chi connectivity index (χ3n) is 3.19. The van der Waals surface area contributed by atoms with E-state index < -0.39 is 0 Å². The Labute approximate surface area is 135 Å². The van der Waals surface area contributed by atoms with Crippen LogP contribution in [0.2, 0.25) is 0 Å². The van der Waals surface area contributed by atoms with Gasteiger partial charge >= 0.3 is 0 Å². The minimum absolute atomic E-state index is 0.260. The number of anilines is 1. The maximum absolute atomic E-state index is 12.8. The van der Waals surface area contributed by atoms with Gasteiger partial charge in [-0.25, -0.2) is 4.39 Å². The van der Waals surface area contributed by atoms with Crippen LogP contribution in [0.15, 0.2) is 48.5 Å². The van der Waals surface area contributed by atoms with Crippen LogP contribution in [0.3, 0.4) is 0 Å². The number of rotatable bonds is 6. The summed E-state index contributed by atoms with van der Waals surface area (Å²) in [5, 5.41) is 6.70. The molecule has 0 aliphatic heterocycles. The van der Waals surface area contributed by atoms with Crippen LogP contribution < -0.4 is 15.4 Å². The van der Waals surface area contributed by atoms with Crippen LogP contribution in [0.1, 0.15) is 12.0 Å². The van der Waals surface area contributed by atoms with Gasteiger partial charge in [-0.2, -0.15) is 0 Å². The van der Waals surface area contributed by atoms with Crippen molar-refractivity contribution in [3.05, 3.63) is 59.9 Å². The molecule has 0 atom stereocenters. The largest absolute Gasteiger partial charge is 0.497 e. The minimum Gasteiger partial charge on any atom is -0.497 e. The number of methoxy groups -OCH3 is 1. The predicted molar refractivity (Wildman–Crippen MR) is 91.9 cm³/mol. The molecule has 0 fully saturated rings. The first-order valence-corrected chi connectivity index (χ1v) is 7.51. The van der Waals surface area contributed by atoms with Crippen molar-refractivity contribution in [3.63, 3.8) is 0 Å². The standard InChI is InChI=1S/C17H19FN2OS/c1-21-16-10-4-13(5-11-16)3-2-12-19-17(22)20-15-8-6-14(18)7-9-15/h4-11H,2-3,12H2,1H3,(H2,19,20,22). The van der Waals surface area contributed by atoms with Crippen LogP contribution >= 0.6 is 12.2 Å². The monoisotopic (exact) mass is 318 g/mol. The Hall–Kier alpha value is -2.14. The van der Waals surface area contributed by atoms with Crippen LogP contribution in [0, 0.1) is 5.82 Å². The first kappa shape index (κ1) is 16.2. The summed E-state index contributed by atoms with van der Waals surface area (Å²) in [6, 6.07) is 14.2. The zero-order valence-corrected chi connectivity index (χ0v) is 13.3. The molecule has 0 amide bonds. The molecule has 0 aliphatic rings. The fraction of sp³-hybridized carbons (Fsp3) is 0.235. The third-order valence-corrected chi connectivity index (χ3v) is 3.44. The van der Waals surface area contributed by atoms with E-state index in [2.05, 4.69) is 22.8 Å². The molecule has 116 valence electrons. The van der Waals surface area contributed by atoms with Crippen molar-refractivity contribution < 1.29 is 9.13 Å². The van der Waals surface area contributed by atoms with Gasteiger partial charge < -0.3 is 15.4 Å². The molecule has 0 radical (unpaired) electrons. The van der Waals surface area contributed by atoms with Crippen LogP contribution in [0.25, 0.3) is 0 Å². The zero-order valence-electron chi connectivity index (χ0n) is 12.4. The van der Waals surface area contributed by atoms with Crippen LogP contribution in [0.4, 0.5) is 10.1 Å². The van der Waals surface area contributed by atoms with Gasteiger partial charge in [-0.15, -0.1) is 0 Å². The van der Waals surface area contributed by atoms with Crippen LogP contribution in [-0.4, -0.2) is 18.8 Å². The molecule has 0 heterocycles. The van der Waals surface area contributed by atoms with Crippen molar-refractivity contribution in [2.45, 2.75) is 12.8 Å². The second-order valence-corrected chi connectivity index (χ2v) is 5.25.